The topological polar surface area (TPSA) is 67.9 Å². The van der Waals surface area contributed by atoms with Crippen molar-refractivity contribution in [1.82, 2.24) is 4.90 Å². The molecule has 2 aromatic carbocycles. The summed E-state index contributed by atoms with van der Waals surface area (Å²) < 4.78 is 10.6. The largest absolute Gasteiger partial charge is 0.454 e. The van der Waals surface area contributed by atoms with Gasteiger partial charge in [-0.25, -0.2) is 0 Å². The number of likely N-dealkylation sites (tertiary alicyclic amines) is 1. The van der Waals surface area contributed by atoms with Crippen molar-refractivity contribution >= 4 is 40.7 Å². The predicted molar refractivity (Wildman–Crippen MR) is 106 cm³/mol. The van der Waals surface area contributed by atoms with Gasteiger partial charge in [-0.2, -0.15) is 0 Å². The molecule has 0 radical (unpaired) electrons. The number of fused-ring (bicyclic) bond motifs is 1. The van der Waals surface area contributed by atoms with Gasteiger partial charge >= 0.3 is 0 Å². The summed E-state index contributed by atoms with van der Waals surface area (Å²) in [5.41, 5.74) is 1.11. The van der Waals surface area contributed by atoms with Crippen molar-refractivity contribution in [1.29, 1.82) is 0 Å². The highest BCUT2D eigenvalue weighted by Gasteiger charge is 2.29. The lowest BCUT2D eigenvalue weighted by Crippen LogP contribution is -2.43. The molecule has 0 aromatic heterocycles. The summed E-state index contributed by atoms with van der Waals surface area (Å²) in [5, 5.41) is 3.64. The van der Waals surface area contributed by atoms with Crippen molar-refractivity contribution in [3.8, 4) is 11.5 Å². The van der Waals surface area contributed by atoms with Gasteiger partial charge in [0, 0.05) is 30.4 Å². The molecule has 4 rings (SSSR count). The zero-order valence-corrected chi connectivity index (χ0v) is 16.4. The highest BCUT2D eigenvalue weighted by Crippen LogP contribution is 2.34. The second kappa shape index (κ2) is 7.89. The van der Waals surface area contributed by atoms with Crippen LogP contribution in [0.1, 0.15) is 23.2 Å². The molecule has 0 saturated carbocycles. The molecule has 2 aliphatic heterocycles. The number of anilines is 1. The number of benzene rings is 2. The second-order valence-electron chi connectivity index (χ2n) is 6.78. The molecule has 1 fully saturated rings. The van der Waals surface area contributed by atoms with E-state index >= 15 is 0 Å². The number of hydrogen-bond acceptors (Lipinski definition) is 4. The van der Waals surface area contributed by atoms with E-state index in [1.165, 1.54) is 0 Å². The van der Waals surface area contributed by atoms with Crippen molar-refractivity contribution in [2.75, 3.05) is 25.2 Å². The number of hydrogen-bond donors (Lipinski definition) is 1. The number of amides is 2. The van der Waals surface area contributed by atoms with E-state index in [2.05, 4.69) is 5.32 Å². The fourth-order valence-electron chi connectivity index (χ4n) is 3.41. The Morgan fingerprint density at radius 1 is 1.04 bits per heavy atom. The van der Waals surface area contributed by atoms with E-state index in [1.807, 2.05) is 0 Å². The summed E-state index contributed by atoms with van der Waals surface area (Å²) >= 11 is 11.9. The zero-order valence-electron chi connectivity index (χ0n) is 14.9. The van der Waals surface area contributed by atoms with Gasteiger partial charge in [0.05, 0.1) is 16.0 Å². The smallest absolute Gasteiger partial charge is 0.253 e. The Labute approximate surface area is 172 Å². The number of carbonyl (C=O) groups excluding carboxylic acids is 2. The van der Waals surface area contributed by atoms with E-state index in [9.17, 15) is 9.59 Å². The Bertz CT molecular complexity index is 934. The summed E-state index contributed by atoms with van der Waals surface area (Å²) in [6.07, 6.45) is 1.48. The number of carbonyl (C=O) groups is 2. The molecule has 1 saturated heterocycles. The number of ether oxygens (including phenoxy) is 2. The monoisotopic (exact) mass is 420 g/mol. The number of rotatable bonds is 3. The molecule has 28 heavy (non-hydrogen) atoms. The molecular formula is C20H18Cl2N2O4. The first-order valence-electron chi connectivity index (χ1n) is 8.96. The maximum absolute atomic E-state index is 12.8. The predicted octanol–water partition coefficient (Wildman–Crippen LogP) is 4.21. The van der Waals surface area contributed by atoms with Crippen LogP contribution in [0, 0.1) is 5.92 Å². The summed E-state index contributed by atoms with van der Waals surface area (Å²) in [6, 6.07) is 10.1. The lowest BCUT2D eigenvalue weighted by Gasteiger charge is -2.32. The van der Waals surface area contributed by atoms with Crippen LogP contribution < -0.4 is 14.8 Å². The fourth-order valence-corrected chi connectivity index (χ4v) is 3.70. The molecule has 1 atom stereocenters. The Kier molecular flexibility index (Phi) is 5.33. The van der Waals surface area contributed by atoms with Gasteiger partial charge in [0.1, 0.15) is 0 Å². The van der Waals surface area contributed by atoms with Gasteiger partial charge in [0.2, 0.25) is 12.7 Å². The van der Waals surface area contributed by atoms with Crippen LogP contribution in [0.5, 0.6) is 11.5 Å². The molecule has 0 bridgehead atoms. The van der Waals surface area contributed by atoms with E-state index in [0.29, 0.717) is 45.9 Å². The quantitative estimate of drug-likeness (QED) is 0.806. The van der Waals surface area contributed by atoms with Crippen LogP contribution in [0.3, 0.4) is 0 Å². The van der Waals surface area contributed by atoms with Gasteiger partial charge in [-0.3, -0.25) is 9.59 Å². The minimum absolute atomic E-state index is 0.120. The second-order valence-corrected chi connectivity index (χ2v) is 7.59. The molecule has 146 valence electrons. The molecule has 0 spiro atoms. The molecule has 2 aliphatic rings. The lowest BCUT2D eigenvalue weighted by molar-refractivity contribution is -0.121. The Morgan fingerprint density at radius 2 is 1.86 bits per heavy atom. The van der Waals surface area contributed by atoms with E-state index < -0.39 is 0 Å². The van der Waals surface area contributed by atoms with Crippen LogP contribution in [0.2, 0.25) is 10.0 Å². The normalized spacial score (nSPS) is 18.1. The molecule has 2 aromatic rings. The van der Waals surface area contributed by atoms with Gasteiger partial charge in [-0.15, -0.1) is 0 Å². The van der Waals surface area contributed by atoms with Gasteiger partial charge in [0.25, 0.3) is 5.91 Å². The standard InChI is InChI=1S/C20H18Cl2N2O4/c21-15-5-3-12(8-16(15)22)20(26)24-7-1-2-13(10-24)19(25)23-14-4-6-17-18(9-14)28-11-27-17/h3-6,8-9,13H,1-2,7,10-11H2,(H,23,25). The molecule has 2 amide bonds. The first kappa shape index (κ1) is 18.9. The summed E-state index contributed by atoms with van der Waals surface area (Å²) in [7, 11) is 0. The maximum atomic E-state index is 12.8. The Balaban J connectivity index is 1.42. The summed E-state index contributed by atoms with van der Waals surface area (Å²) in [6.45, 7) is 1.14. The Hall–Kier alpha value is -2.44. The summed E-state index contributed by atoms with van der Waals surface area (Å²) in [4.78, 5) is 27.2. The highest BCUT2D eigenvalue weighted by molar-refractivity contribution is 6.42. The minimum atomic E-state index is -0.286. The van der Waals surface area contributed by atoms with Gasteiger partial charge in [0.15, 0.2) is 11.5 Å². The zero-order chi connectivity index (χ0) is 19.7. The molecule has 8 heteroatoms. The van der Waals surface area contributed by atoms with Gasteiger partial charge < -0.3 is 19.7 Å². The average Bonchev–Trinajstić information content (AvgIpc) is 3.17. The first-order valence-corrected chi connectivity index (χ1v) is 9.72. The first-order chi connectivity index (χ1) is 13.5. The van der Waals surface area contributed by atoms with E-state index in [-0.39, 0.29) is 24.5 Å². The number of piperidine rings is 1. The van der Waals surface area contributed by atoms with Crippen LogP contribution in [0.15, 0.2) is 36.4 Å². The third-order valence-electron chi connectivity index (χ3n) is 4.89. The van der Waals surface area contributed by atoms with Crippen LogP contribution in [0.4, 0.5) is 5.69 Å². The highest BCUT2D eigenvalue weighted by atomic mass is 35.5. The number of nitrogens with one attached hydrogen (secondary N) is 1. The van der Waals surface area contributed by atoms with Crippen LogP contribution in [0.25, 0.3) is 0 Å². The van der Waals surface area contributed by atoms with Crippen LogP contribution >= 0.6 is 23.2 Å². The molecule has 2 heterocycles. The third-order valence-corrected chi connectivity index (χ3v) is 5.63. The maximum Gasteiger partial charge on any atom is 0.253 e. The molecule has 1 N–H and O–H groups in total. The van der Waals surface area contributed by atoms with E-state index in [0.717, 1.165) is 12.8 Å². The lowest BCUT2D eigenvalue weighted by atomic mass is 9.96. The van der Waals surface area contributed by atoms with Crippen molar-refractivity contribution in [2.24, 2.45) is 5.92 Å². The van der Waals surface area contributed by atoms with Gasteiger partial charge in [-0.1, -0.05) is 23.2 Å². The van der Waals surface area contributed by atoms with E-state index in [1.54, 1.807) is 41.3 Å². The van der Waals surface area contributed by atoms with Crippen LogP contribution in [-0.4, -0.2) is 36.6 Å². The number of nitrogens with zero attached hydrogens (tertiary/aromatic N) is 1. The third kappa shape index (κ3) is 3.88. The minimum Gasteiger partial charge on any atom is -0.454 e. The Morgan fingerprint density at radius 3 is 2.68 bits per heavy atom. The number of halogens is 2. The van der Waals surface area contributed by atoms with Crippen molar-refractivity contribution < 1.29 is 19.1 Å². The SMILES string of the molecule is O=C(Nc1ccc2c(c1)OCO2)C1CCCN(C(=O)c2ccc(Cl)c(Cl)c2)C1. The fraction of sp³-hybridized carbons (Fsp3) is 0.300. The summed E-state index contributed by atoms with van der Waals surface area (Å²) in [5.74, 6) is 0.711. The van der Waals surface area contributed by atoms with Crippen molar-refractivity contribution in [3.05, 3.63) is 52.0 Å². The van der Waals surface area contributed by atoms with Crippen molar-refractivity contribution in [3.63, 3.8) is 0 Å². The average molecular weight is 421 g/mol. The van der Waals surface area contributed by atoms with Crippen LogP contribution in [-0.2, 0) is 4.79 Å². The molecule has 6 nitrogen and oxygen atoms in total. The van der Waals surface area contributed by atoms with Crippen molar-refractivity contribution in [2.45, 2.75) is 12.8 Å². The molecular weight excluding hydrogens is 403 g/mol. The van der Waals surface area contributed by atoms with E-state index in [4.69, 9.17) is 32.7 Å². The molecule has 1 unspecified atom stereocenters. The van der Waals surface area contributed by atoms with Gasteiger partial charge in [-0.05, 0) is 43.2 Å². The molecule has 0 aliphatic carbocycles.